The highest BCUT2D eigenvalue weighted by Gasteiger charge is 2.14. The van der Waals surface area contributed by atoms with E-state index in [9.17, 15) is 0 Å². The van der Waals surface area contributed by atoms with Crippen molar-refractivity contribution in [3.8, 4) is 0 Å². The van der Waals surface area contributed by atoms with Crippen LogP contribution in [0.5, 0.6) is 0 Å². The number of rotatable bonds is 15. The minimum atomic E-state index is 1.05. The fourth-order valence-corrected chi connectivity index (χ4v) is 3.72. The fraction of sp³-hybridized carbons (Fsp3) is 0.714. The van der Waals surface area contributed by atoms with Crippen molar-refractivity contribution < 1.29 is 4.48 Å². The molecule has 0 aromatic heterocycles. The lowest BCUT2D eigenvalue weighted by Gasteiger charge is -2.30. The number of nitrogens with one attached hydrogen (secondary N) is 1. The smallest absolute Gasteiger partial charge is 0.104 e. The van der Waals surface area contributed by atoms with Gasteiger partial charge in [0.15, 0.2) is 0 Å². The minimum absolute atomic E-state index is 1.05. The first-order chi connectivity index (χ1) is 11.6. The number of likely N-dealkylation sites (N-methyl/N-ethyl adjacent to an activating group) is 1. The Labute approximate surface area is 154 Å². The first-order valence-corrected chi connectivity index (χ1v) is 11.6. The summed E-state index contributed by atoms with van der Waals surface area (Å²) in [6.07, 6.45) is 11.5. The Morgan fingerprint density at radius 1 is 0.792 bits per heavy atom. The van der Waals surface area contributed by atoms with Crippen LogP contribution in [-0.4, -0.2) is 48.5 Å². The third-order valence-electron chi connectivity index (χ3n) is 4.80. The molecule has 0 unspecified atom stereocenters. The maximum Gasteiger partial charge on any atom is 0.104 e. The average Bonchev–Trinajstić information content (AvgIpc) is 2.56. The van der Waals surface area contributed by atoms with E-state index in [1.807, 2.05) is 0 Å². The van der Waals surface area contributed by atoms with E-state index in [2.05, 4.69) is 49.7 Å². The number of benzene rings is 1. The van der Waals surface area contributed by atoms with Crippen molar-refractivity contribution in [2.45, 2.75) is 64.0 Å². The van der Waals surface area contributed by atoms with Gasteiger partial charge in [0.05, 0.1) is 20.6 Å². The number of hydrogen-bond donors (Lipinski definition) is 1. The second-order valence-electron chi connectivity index (χ2n) is 7.88. The van der Waals surface area contributed by atoms with Crippen molar-refractivity contribution in [3.05, 3.63) is 35.9 Å². The third kappa shape index (κ3) is 11.8. The third-order valence-corrected chi connectivity index (χ3v) is 5.51. The molecule has 0 fully saturated rings. The van der Waals surface area contributed by atoms with Crippen LogP contribution in [0.2, 0.25) is 6.04 Å². The van der Waals surface area contributed by atoms with Gasteiger partial charge in [-0.05, 0) is 13.0 Å². The quantitative estimate of drug-likeness (QED) is 0.289. The zero-order valence-corrected chi connectivity index (χ0v) is 18.5. The molecular weight excluding hydrogens is 308 g/mol. The highest BCUT2D eigenvalue weighted by atomic mass is 28.1. The van der Waals surface area contributed by atoms with Gasteiger partial charge in [-0.3, -0.25) is 0 Å². The standard InChI is InChI=1S/C21H41N2Si/c1-23(2,20-21-14-10-9-11-15-21)18-17-22-16-12-7-5-3-4-6-8-13-19-24/h9-11,14-15,22H,3-8,12-13,16-20H2,1-2,24H3/q+1. The molecular formula is C21H41N2Si+. The molecule has 24 heavy (non-hydrogen) atoms. The summed E-state index contributed by atoms with van der Waals surface area (Å²) < 4.78 is 1.05. The fourth-order valence-electron chi connectivity index (χ4n) is 3.22. The predicted octanol–water partition coefficient (Wildman–Crippen LogP) is 3.76. The van der Waals surface area contributed by atoms with Crippen LogP contribution in [0.1, 0.15) is 56.9 Å². The number of nitrogens with zero attached hydrogens (tertiary/aromatic N) is 1. The Morgan fingerprint density at radius 2 is 1.38 bits per heavy atom. The summed E-state index contributed by atoms with van der Waals surface area (Å²) >= 11 is 0. The van der Waals surface area contributed by atoms with E-state index < -0.39 is 0 Å². The summed E-state index contributed by atoms with van der Waals surface area (Å²) in [7, 11) is 6.05. The van der Waals surface area contributed by atoms with E-state index >= 15 is 0 Å². The average molecular weight is 350 g/mol. The Morgan fingerprint density at radius 3 is 2.00 bits per heavy atom. The Balaban J connectivity index is 1.92. The molecule has 2 nitrogen and oxygen atoms in total. The molecule has 1 N–H and O–H groups in total. The van der Waals surface area contributed by atoms with Crippen LogP contribution in [-0.2, 0) is 6.54 Å². The molecule has 0 heterocycles. The number of quaternary nitrogens is 1. The minimum Gasteiger partial charge on any atom is -0.324 e. The lowest BCUT2D eigenvalue weighted by Crippen LogP contribution is -2.43. The summed E-state index contributed by atoms with van der Waals surface area (Å²) in [4.78, 5) is 0. The van der Waals surface area contributed by atoms with Gasteiger partial charge in [-0.2, -0.15) is 0 Å². The first-order valence-electron chi connectivity index (χ1n) is 10.2. The molecule has 3 heteroatoms. The van der Waals surface area contributed by atoms with E-state index in [0.717, 1.165) is 17.6 Å². The van der Waals surface area contributed by atoms with Gasteiger partial charge in [-0.25, -0.2) is 0 Å². The Kier molecular flexibility index (Phi) is 12.1. The Hall–Kier alpha value is -0.643. The molecule has 0 amide bonds. The van der Waals surface area contributed by atoms with E-state index in [1.165, 1.54) is 86.3 Å². The molecule has 0 radical (unpaired) electrons. The number of hydrogen-bond acceptors (Lipinski definition) is 1. The summed E-state index contributed by atoms with van der Waals surface area (Å²) in [5.41, 5.74) is 1.43. The highest BCUT2D eigenvalue weighted by Crippen LogP contribution is 2.09. The van der Waals surface area contributed by atoms with Crippen molar-refractivity contribution in [1.82, 2.24) is 5.32 Å². The van der Waals surface area contributed by atoms with Crippen molar-refractivity contribution in [2.24, 2.45) is 0 Å². The zero-order valence-electron chi connectivity index (χ0n) is 16.5. The monoisotopic (exact) mass is 349 g/mol. The summed E-state index contributed by atoms with van der Waals surface area (Å²) in [6, 6.07) is 12.3. The van der Waals surface area contributed by atoms with Crippen molar-refractivity contribution in [3.63, 3.8) is 0 Å². The van der Waals surface area contributed by atoms with Crippen LogP contribution in [0.3, 0.4) is 0 Å². The maximum atomic E-state index is 3.63. The molecule has 1 aromatic carbocycles. The van der Waals surface area contributed by atoms with Gasteiger partial charge >= 0.3 is 0 Å². The molecule has 0 spiro atoms. The topological polar surface area (TPSA) is 12.0 Å². The van der Waals surface area contributed by atoms with Gasteiger partial charge in [0.1, 0.15) is 6.54 Å². The van der Waals surface area contributed by atoms with Crippen LogP contribution in [0.15, 0.2) is 30.3 Å². The van der Waals surface area contributed by atoms with Crippen molar-refractivity contribution in [2.75, 3.05) is 33.7 Å². The van der Waals surface area contributed by atoms with Crippen LogP contribution in [0.25, 0.3) is 0 Å². The van der Waals surface area contributed by atoms with Crippen molar-refractivity contribution in [1.29, 1.82) is 0 Å². The SMILES string of the molecule is C[N+](C)(CCNCCCCCCCCCC[SiH3])Cc1ccccc1. The summed E-state index contributed by atoms with van der Waals surface area (Å²) in [5.74, 6) is 0. The molecule has 0 saturated heterocycles. The molecule has 0 saturated carbocycles. The van der Waals surface area contributed by atoms with Gasteiger partial charge in [0.2, 0.25) is 0 Å². The van der Waals surface area contributed by atoms with E-state index in [0.29, 0.717) is 0 Å². The van der Waals surface area contributed by atoms with Gasteiger partial charge in [0.25, 0.3) is 0 Å². The molecule has 138 valence electrons. The highest BCUT2D eigenvalue weighted by molar-refractivity contribution is 6.08. The van der Waals surface area contributed by atoms with Crippen LogP contribution >= 0.6 is 0 Å². The maximum absolute atomic E-state index is 3.63. The van der Waals surface area contributed by atoms with E-state index in [1.54, 1.807) is 0 Å². The van der Waals surface area contributed by atoms with Gasteiger partial charge in [0, 0.05) is 22.4 Å². The zero-order chi connectivity index (χ0) is 17.5. The molecule has 0 aliphatic rings. The van der Waals surface area contributed by atoms with Crippen LogP contribution in [0, 0.1) is 0 Å². The lowest BCUT2D eigenvalue weighted by atomic mass is 10.1. The summed E-state index contributed by atoms with van der Waals surface area (Å²) in [5, 5.41) is 3.63. The molecule has 0 atom stereocenters. The molecule has 0 aliphatic carbocycles. The summed E-state index contributed by atoms with van der Waals surface area (Å²) in [6.45, 7) is 4.61. The van der Waals surface area contributed by atoms with Crippen LogP contribution in [0.4, 0.5) is 0 Å². The van der Waals surface area contributed by atoms with Crippen LogP contribution < -0.4 is 5.32 Å². The largest absolute Gasteiger partial charge is 0.324 e. The second-order valence-corrected chi connectivity index (χ2v) is 8.88. The molecule has 1 aromatic rings. The molecule has 0 bridgehead atoms. The van der Waals surface area contributed by atoms with Gasteiger partial charge < -0.3 is 9.80 Å². The second kappa shape index (κ2) is 13.6. The van der Waals surface area contributed by atoms with Gasteiger partial charge in [-0.15, -0.1) is 0 Å². The van der Waals surface area contributed by atoms with Crippen molar-refractivity contribution >= 4 is 10.2 Å². The molecule has 1 rings (SSSR count). The van der Waals surface area contributed by atoms with E-state index in [4.69, 9.17) is 0 Å². The lowest BCUT2D eigenvalue weighted by molar-refractivity contribution is -0.902. The Bertz CT molecular complexity index is 392. The first kappa shape index (κ1) is 21.4. The normalized spacial score (nSPS) is 11.9. The molecule has 0 aliphatic heterocycles. The number of unbranched alkanes of at least 4 members (excludes halogenated alkanes) is 7. The van der Waals surface area contributed by atoms with Gasteiger partial charge in [-0.1, -0.05) is 81.3 Å². The van der Waals surface area contributed by atoms with E-state index in [-0.39, 0.29) is 0 Å². The predicted molar refractivity (Wildman–Crippen MR) is 112 cm³/mol.